The molecule has 0 aliphatic rings. The molecular weight excluding hydrogens is 472 g/mol. The average molecular weight is 517 g/mol. The molecule has 36 heavy (non-hydrogen) atoms. The van der Waals surface area contributed by atoms with Crippen LogP contribution in [0.4, 0.5) is 4.79 Å². The maximum atomic E-state index is 13.2. The van der Waals surface area contributed by atoms with Crippen LogP contribution in [-0.2, 0) is 24.2 Å². The minimum absolute atomic E-state index is 0.142. The first-order valence-corrected chi connectivity index (χ1v) is 15.2. The topological polar surface area (TPSA) is 78.8 Å². The van der Waals surface area contributed by atoms with Crippen LogP contribution in [0.5, 0.6) is 0 Å². The summed E-state index contributed by atoms with van der Waals surface area (Å²) in [6, 6.07) is 6.84. The monoisotopic (exact) mass is 516 g/mol. The number of para-hydroxylation sites is 1. The molecule has 7 nitrogen and oxygen atoms in total. The number of fused-ring (bicyclic) bond motifs is 1. The zero-order valence-electron chi connectivity index (χ0n) is 23.8. The Morgan fingerprint density at radius 3 is 2.14 bits per heavy atom. The molecule has 0 unspecified atom stereocenters. The van der Waals surface area contributed by atoms with Gasteiger partial charge in [-0.1, -0.05) is 45.0 Å². The van der Waals surface area contributed by atoms with Gasteiger partial charge < -0.3 is 23.8 Å². The standard InChI is InChI=1S/C28H44N2O5Si/c1-13-28(8,9)30-18-20(19-16-14-15-17-21(19)30)23(35-36(11,12)27(5,6)7)22(24(31)33-10)29-25(32)34-26(2,3)4/h13-18,22-23H,1H2,2-12H3,(H,29,32)/t22-,23+/m0/s1. The van der Waals surface area contributed by atoms with Crippen LogP contribution in [0.2, 0.25) is 18.1 Å². The SMILES string of the molecule is C=CC(C)(C)n1cc([C@@H](O[Si](C)(C)C(C)(C)C)[C@H](NC(=O)OC(C)(C)C)C(=O)OC)c2ccccc21. The lowest BCUT2D eigenvalue weighted by Crippen LogP contribution is -2.52. The highest BCUT2D eigenvalue weighted by molar-refractivity contribution is 6.74. The first kappa shape index (κ1) is 29.6. The fourth-order valence-electron chi connectivity index (χ4n) is 3.63. The minimum atomic E-state index is -2.43. The zero-order chi connectivity index (χ0) is 27.7. The number of methoxy groups -OCH3 is 1. The van der Waals surface area contributed by atoms with Crippen LogP contribution in [0.25, 0.3) is 10.9 Å². The predicted octanol–water partition coefficient (Wildman–Crippen LogP) is 6.69. The summed E-state index contributed by atoms with van der Waals surface area (Å²) in [5.41, 5.74) is 0.627. The van der Waals surface area contributed by atoms with Gasteiger partial charge in [0.05, 0.1) is 12.6 Å². The van der Waals surface area contributed by atoms with Crippen molar-refractivity contribution < 1.29 is 23.5 Å². The molecule has 0 bridgehead atoms. The molecule has 0 aliphatic carbocycles. The van der Waals surface area contributed by atoms with E-state index in [1.165, 1.54) is 7.11 Å². The van der Waals surface area contributed by atoms with E-state index in [-0.39, 0.29) is 5.04 Å². The Morgan fingerprint density at radius 2 is 1.64 bits per heavy atom. The summed E-state index contributed by atoms with van der Waals surface area (Å²) in [4.78, 5) is 26.0. The lowest BCUT2D eigenvalue weighted by molar-refractivity contribution is -0.146. The molecule has 0 fully saturated rings. The molecule has 0 spiro atoms. The summed E-state index contributed by atoms with van der Waals surface area (Å²) in [5.74, 6) is -0.607. The summed E-state index contributed by atoms with van der Waals surface area (Å²) >= 11 is 0. The number of carbonyl (C=O) groups excluding carboxylic acids is 2. The van der Waals surface area contributed by atoms with E-state index < -0.39 is 43.7 Å². The lowest BCUT2D eigenvalue weighted by Gasteiger charge is -2.41. The molecule has 0 saturated carbocycles. The number of hydrogen-bond donors (Lipinski definition) is 1. The summed E-state index contributed by atoms with van der Waals surface area (Å²) < 4.78 is 19.7. The Balaban J connectivity index is 2.79. The fraction of sp³-hybridized carbons (Fsp3) is 0.571. The Morgan fingerprint density at radius 1 is 1.06 bits per heavy atom. The third-order valence-electron chi connectivity index (χ3n) is 6.83. The van der Waals surface area contributed by atoms with Crippen LogP contribution in [0, 0.1) is 0 Å². The molecule has 0 radical (unpaired) electrons. The largest absolute Gasteiger partial charge is 0.467 e. The molecule has 0 saturated heterocycles. The molecule has 1 N–H and O–H groups in total. The molecule has 200 valence electrons. The van der Waals surface area contributed by atoms with Gasteiger partial charge in [-0.2, -0.15) is 0 Å². The molecule has 1 heterocycles. The van der Waals surface area contributed by atoms with Crippen molar-refractivity contribution in [2.75, 3.05) is 7.11 Å². The summed E-state index contributed by atoms with van der Waals surface area (Å²) in [6.45, 7) is 24.1. The van der Waals surface area contributed by atoms with Gasteiger partial charge in [-0.05, 0) is 58.8 Å². The number of amides is 1. The zero-order valence-corrected chi connectivity index (χ0v) is 24.8. The number of hydrogen-bond acceptors (Lipinski definition) is 5. The second kappa shape index (κ2) is 10.4. The van der Waals surface area contributed by atoms with Crippen molar-refractivity contribution in [1.82, 2.24) is 9.88 Å². The molecule has 2 aromatic rings. The van der Waals surface area contributed by atoms with E-state index in [1.54, 1.807) is 20.8 Å². The van der Waals surface area contributed by atoms with E-state index >= 15 is 0 Å². The van der Waals surface area contributed by atoms with Crippen molar-refractivity contribution in [3.63, 3.8) is 0 Å². The number of carbonyl (C=O) groups is 2. The number of nitrogens with zero attached hydrogens (tertiary/aromatic N) is 1. The van der Waals surface area contributed by atoms with Gasteiger partial charge in [-0.3, -0.25) is 0 Å². The Kier molecular flexibility index (Phi) is 8.58. The molecule has 8 heteroatoms. The van der Waals surface area contributed by atoms with Gasteiger partial charge >= 0.3 is 12.1 Å². The minimum Gasteiger partial charge on any atom is -0.467 e. The van der Waals surface area contributed by atoms with Crippen molar-refractivity contribution in [2.24, 2.45) is 0 Å². The van der Waals surface area contributed by atoms with Crippen molar-refractivity contribution in [3.05, 3.63) is 48.7 Å². The number of alkyl carbamates (subject to hydrolysis) is 1. The highest BCUT2D eigenvalue weighted by Gasteiger charge is 2.45. The van der Waals surface area contributed by atoms with Crippen molar-refractivity contribution in [1.29, 1.82) is 0 Å². The predicted molar refractivity (Wildman–Crippen MR) is 148 cm³/mol. The second-order valence-corrected chi connectivity index (χ2v) is 17.0. The number of rotatable bonds is 8. The summed E-state index contributed by atoms with van der Waals surface area (Å²) in [5, 5.41) is 3.54. The van der Waals surface area contributed by atoms with Gasteiger partial charge in [0.15, 0.2) is 14.4 Å². The highest BCUT2D eigenvalue weighted by atomic mass is 28.4. The molecule has 1 aromatic carbocycles. The Labute approximate surface area is 217 Å². The second-order valence-electron chi connectivity index (χ2n) is 12.3. The number of benzene rings is 1. The molecule has 1 amide bonds. The number of allylic oxidation sites excluding steroid dienone is 1. The van der Waals surface area contributed by atoms with E-state index in [1.807, 2.05) is 36.5 Å². The lowest BCUT2D eigenvalue weighted by atomic mass is 10.0. The van der Waals surface area contributed by atoms with Crippen molar-refractivity contribution in [3.8, 4) is 0 Å². The number of aromatic nitrogens is 1. The third-order valence-corrected chi connectivity index (χ3v) is 11.3. The maximum absolute atomic E-state index is 13.2. The van der Waals surface area contributed by atoms with Crippen LogP contribution in [0.1, 0.15) is 67.1 Å². The van der Waals surface area contributed by atoms with Crippen LogP contribution < -0.4 is 5.32 Å². The fourth-order valence-corrected chi connectivity index (χ4v) is 4.88. The first-order valence-electron chi connectivity index (χ1n) is 12.3. The van der Waals surface area contributed by atoms with E-state index in [2.05, 4.69) is 64.2 Å². The number of ether oxygens (including phenoxy) is 2. The third kappa shape index (κ3) is 6.59. The normalized spacial score (nSPS) is 14.8. The van der Waals surface area contributed by atoms with Gasteiger partial charge in [-0.15, -0.1) is 6.58 Å². The quantitative estimate of drug-likeness (QED) is 0.240. The molecular formula is C28H44N2O5Si. The smallest absolute Gasteiger partial charge is 0.408 e. The van der Waals surface area contributed by atoms with E-state index in [0.717, 1.165) is 16.5 Å². The van der Waals surface area contributed by atoms with Gasteiger partial charge in [-0.25, -0.2) is 9.59 Å². The van der Waals surface area contributed by atoms with Crippen LogP contribution in [0.15, 0.2) is 43.1 Å². The van der Waals surface area contributed by atoms with Gasteiger partial charge in [0, 0.05) is 22.7 Å². The highest BCUT2D eigenvalue weighted by Crippen LogP contribution is 2.43. The molecule has 1 aromatic heterocycles. The number of nitrogens with one attached hydrogen (secondary N) is 1. The van der Waals surface area contributed by atoms with Crippen LogP contribution in [-0.4, -0.2) is 43.7 Å². The van der Waals surface area contributed by atoms with Gasteiger partial charge in [0.2, 0.25) is 0 Å². The van der Waals surface area contributed by atoms with Crippen LogP contribution >= 0.6 is 0 Å². The van der Waals surface area contributed by atoms with Crippen molar-refractivity contribution in [2.45, 2.75) is 96.8 Å². The van der Waals surface area contributed by atoms with E-state index in [0.29, 0.717) is 0 Å². The molecule has 0 aliphatic heterocycles. The van der Waals surface area contributed by atoms with Gasteiger partial charge in [0.25, 0.3) is 0 Å². The summed E-state index contributed by atoms with van der Waals surface area (Å²) in [7, 11) is -1.13. The first-order chi connectivity index (χ1) is 16.3. The summed E-state index contributed by atoms with van der Waals surface area (Å²) in [6.07, 6.45) is 2.36. The Hall–Kier alpha value is -2.58. The molecule has 2 atom stereocenters. The average Bonchev–Trinajstić information content (AvgIpc) is 3.14. The van der Waals surface area contributed by atoms with Crippen molar-refractivity contribution >= 4 is 31.3 Å². The Bertz CT molecular complexity index is 1110. The van der Waals surface area contributed by atoms with E-state index in [9.17, 15) is 9.59 Å². The number of esters is 1. The maximum Gasteiger partial charge on any atom is 0.408 e. The van der Waals surface area contributed by atoms with E-state index in [4.69, 9.17) is 13.9 Å². The van der Waals surface area contributed by atoms with Crippen LogP contribution in [0.3, 0.4) is 0 Å². The van der Waals surface area contributed by atoms with Gasteiger partial charge in [0.1, 0.15) is 11.7 Å². The molecule has 2 rings (SSSR count).